The molecule has 0 bridgehead atoms. The van der Waals surface area contributed by atoms with Gasteiger partial charge in [0.1, 0.15) is 0 Å². The molecule has 18 heavy (non-hydrogen) atoms. The van der Waals surface area contributed by atoms with Gasteiger partial charge in [-0.1, -0.05) is 0 Å². The zero-order chi connectivity index (χ0) is 11.3. The molecule has 0 aliphatic heterocycles. The Morgan fingerprint density at radius 3 is 1.33 bits per heavy atom. The van der Waals surface area contributed by atoms with Gasteiger partial charge in [0.25, 0.3) is 0 Å². The minimum atomic E-state index is 0. The van der Waals surface area contributed by atoms with E-state index in [1.165, 1.54) is 0 Å². The van der Waals surface area contributed by atoms with E-state index in [2.05, 4.69) is 30.4 Å². The Kier molecular flexibility index (Phi) is 17.3. The molecular formula is C17H18Zr. The summed E-state index contributed by atoms with van der Waals surface area (Å²) in [5, 5.41) is 0. The average Bonchev–Trinajstić information content (AvgIpc) is 3.10. The third-order valence-corrected chi connectivity index (χ3v) is 1.78. The third kappa shape index (κ3) is 13.1. The third-order valence-electron chi connectivity index (χ3n) is 1.78. The molecule has 0 saturated carbocycles. The molecule has 3 rings (SSSR count). The van der Waals surface area contributed by atoms with Gasteiger partial charge in [-0.25, -0.2) is 24.3 Å². The molecule has 0 fully saturated rings. The molecule has 0 radical (unpaired) electrons. The number of hydrogen-bond acceptors (Lipinski definition) is 0. The van der Waals surface area contributed by atoms with Gasteiger partial charge in [0, 0.05) is 0 Å². The maximum Gasteiger partial charge on any atom is 4.00 e. The molecule has 0 N–H and O–H groups in total. The molecule has 2 aliphatic rings. The SMILES string of the molecule is [C-]1=CC=CC1.[C-]1=CC=CC1.[CH3-].[Zr+4].[c-]1ccccc1. The van der Waals surface area contributed by atoms with Gasteiger partial charge >= 0.3 is 26.2 Å². The van der Waals surface area contributed by atoms with Crippen LogP contribution in [0, 0.1) is 25.6 Å². The summed E-state index contributed by atoms with van der Waals surface area (Å²) in [6, 6.07) is 12.5. The van der Waals surface area contributed by atoms with Crippen molar-refractivity contribution in [3.05, 3.63) is 92.4 Å². The summed E-state index contributed by atoms with van der Waals surface area (Å²) < 4.78 is 0. The first-order valence-corrected chi connectivity index (χ1v) is 5.34. The fourth-order valence-corrected chi connectivity index (χ4v) is 1.02. The van der Waals surface area contributed by atoms with Crippen LogP contribution in [0.5, 0.6) is 0 Å². The summed E-state index contributed by atoms with van der Waals surface area (Å²) in [5.74, 6) is 0. The van der Waals surface area contributed by atoms with Crippen molar-refractivity contribution in [2.24, 2.45) is 0 Å². The van der Waals surface area contributed by atoms with Crippen LogP contribution in [0.15, 0.2) is 66.8 Å². The zero-order valence-corrected chi connectivity index (χ0v) is 13.2. The first-order chi connectivity index (χ1) is 8.00. The summed E-state index contributed by atoms with van der Waals surface area (Å²) in [6.07, 6.45) is 20.0. The van der Waals surface area contributed by atoms with E-state index in [1.807, 2.05) is 54.6 Å². The van der Waals surface area contributed by atoms with Crippen molar-refractivity contribution in [3.8, 4) is 0 Å². The van der Waals surface area contributed by atoms with Gasteiger partial charge in [-0.2, -0.15) is 48.6 Å². The van der Waals surface area contributed by atoms with Crippen molar-refractivity contribution < 1.29 is 26.2 Å². The Balaban J connectivity index is 0. The van der Waals surface area contributed by atoms with E-state index >= 15 is 0 Å². The molecule has 90 valence electrons. The van der Waals surface area contributed by atoms with Crippen molar-refractivity contribution in [1.82, 2.24) is 0 Å². The topological polar surface area (TPSA) is 0 Å². The Hall–Kier alpha value is -0.937. The first-order valence-electron chi connectivity index (χ1n) is 5.34. The smallest absolute Gasteiger partial charge is 0.358 e. The zero-order valence-electron chi connectivity index (χ0n) is 10.8. The Morgan fingerprint density at radius 2 is 1.22 bits per heavy atom. The summed E-state index contributed by atoms with van der Waals surface area (Å²) in [7, 11) is 0. The second-order valence-corrected chi connectivity index (χ2v) is 3.08. The van der Waals surface area contributed by atoms with Gasteiger partial charge in [-0.15, -0.1) is 12.8 Å². The largest absolute Gasteiger partial charge is 4.00 e. The normalized spacial score (nSPS) is 12.4. The van der Waals surface area contributed by atoms with Crippen LogP contribution in [0.3, 0.4) is 0 Å². The monoisotopic (exact) mass is 312 g/mol. The van der Waals surface area contributed by atoms with Crippen LogP contribution in [0.1, 0.15) is 12.8 Å². The molecule has 0 spiro atoms. The van der Waals surface area contributed by atoms with Crippen LogP contribution in [0.2, 0.25) is 0 Å². The quantitative estimate of drug-likeness (QED) is 0.617. The van der Waals surface area contributed by atoms with Crippen LogP contribution in [-0.4, -0.2) is 0 Å². The fourth-order valence-electron chi connectivity index (χ4n) is 1.02. The van der Waals surface area contributed by atoms with Crippen molar-refractivity contribution in [2.45, 2.75) is 12.8 Å². The number of benzene rings is 1. The van der Waals surface area contributed by atoms with E-state index in [1.54, 1.807) is 0 Å². The molecule has 0 atom stereocenters. The van der Waals surface area contributed by atoms with Gasteiger partial charge in [-0.05, 0) is 0 Å². The molecule has 1 heteroatoms. The molecule has 0 unspecified atom stereocenters. The first kappa shape index (κ1) is 19.4. The minimum absolute atomic E-state index is 0. The second-order valence-electron chi connectivity index (χ2n) is 3.08. The second kappa shape index (κ2) is 16.1. The van der Waals surface area contributed by atoms with Crippen molar-refractivity contribution in [2.75, 3.05) is 0 Å². The standard InChI is InChI=1S/C6H5.2C5H5.CH3.Zr/c1-2-4-6-5-3-1;2*1-2-4-5-3-1;;/h1-5H;2*1-3H,4H2;1H3;/q4*-1;+4. The molecular weight excluding hydrogens is 295 g/mol. The van der Waals surface area contributed by atoms with E-state index in [4.69, 9.17) is 0 Å². The van der Waals surface area contributed by atoms with Gasteiger partial charge < -0.3 is 7.43 Å². The fraction of sp³-hybridized carbons (Fsp3) is 0.118. The van der Waals surface area contributed by atoms with Crippen LogP contribution in [0.25, 0.3) is 0 Å². The van der Waals surface area contributed by atoms with Gasteiger partial charge in [-0.3, -0.25) is 12.2 Å². The summed E-state index contributed by atoms with van der Waals surface area (Å²) in [6.45, 7) is 0. The van der Waals surface area contributed by atoms with Gasteiger partial charge in [0.05, 0.1) is 0 Å². The van der Waals surface area contributed by atoms with Crippen LogP contribution in [-0.2, 0) is 26.2 Å². The molecule has 0 heterocycles. The summed E-state index contributed by atoms with van der Waals surface area (Å²) >= 11 is 0. The molecule has 2 aliphatic carbocycles. The minimum Gasteiger partial charge on any atom is -0.358 e. The van der Waals surface area contributed by atoms with E-state index in [0.29, 0.717) is 0 Å². The summed E-state index contributed by atoms with van der Waals surface area (Å²) in [4.78, 5) is 0. The van der Waals surface area contributed by atoms with Crippen LogP contribution in [0.4, 0.5) is 0 Å². The van der Waals surface area contributed by atoms with Crippen LogP contribution < -0.4 is 0 Å². The number of rotatable bonds is 0. The Labute approximate surface area is 131 Å². The maximum absolute atomic E-state index is 2.99. The molecule has 0 nitrogen and oxygen atoms in total. The molecule has 0 saturated heterocycles. The molecule has 0 aromatic heterocycles. The molecule has 1 aromatic carbocycles. The van der Waals surface area contributed by atoms with Crippen LogP contribution >= 0.6 is 0 Å². The van der Waals surface area contributed by atoms with E-state index < -0.39 is 0 Å². The van der Waals surface area contributed by atoms with Crippen molar-refractivity contribution in [1.29, 1.82) is 0 Å². The van der Waals surface area contributed by atoms with Gasteiger partial charge in [0.15, 0.2) is 0 Å². The molecule has 1 aromatic rings. The Bertz CT molecular complexity index is 290. The predicted molar refractivity (Wildman–Crippen MR) is 74.8 cm³/mol. The maximum atomic E-state index is 2.99. The summed E-state index contributed by atoms with van der Waals surface area (Å²) in [5.41, 5.74) is 0. The number of allylic oxidation sites excluding steroid dienone is 8. The number of hydrogen-bond donors (Lipinski definition) is 0. The average molecular weight is 314 g/mol. The van der Waals surface area contributed by atoms with Crippen molar-refractivity contribution in [3.63, 3.8) is 0 Å². The van der Waals surface area contributed by atoms with E-state index in [-0.39, 0.29) is 33.6 Å². The van der Waals surface area contributed by atoms with E-state index in [9.17, 15) is 0 Å². The Morgan fingerprint density at radius 1 is 0.722 bits per heavy atom. The van der Waals surface area contributed by atoms with E-state index in [0.717, 1.165) is 12.8 Å². The molecule has 0 amide bonds. The predicted octanol–water partition coefficient (Wildman–Crippen LogP) is 4.55. The van der Waals surface area contributed by atoms with Gasteiger partial charge in [0.2, 0.25) is 0 Å². The van der Waals surface area contributed by atoms with Crippen molar-refractivity contribution >= 4 is 0 Å².